The van der Waals surface area contributed by atoms with Gasteiger partial charge in [0.1, 0.15) is 12.1 Å². The van der Waals surface area contributed by atoms with Crippen molar-refractivity contribution in [2.24, 2.45) is 0 Å². The van der Waals surface area contributed by atoms with Gasteiger partial charge in [0, 0.05) is 21.6 Å². The van der Waals surface area contributed by atoms with Crippen LogP contribution < -0.4 is 5.32 Å². The number of thioether (sulfide) groups is 1. The molecule has 0 aliphatic rings. The molecular formula is C15H21N3OS. The number of rotatable bonds is 4. The van der Waals surface area contributed by atoms with Crippen LogP contribution in [0.1, 0.15) is 27.7 Å². The molecule has 0 amide bonds. The average molecular weight is 291 g/mol. The second kappa shape index (κ2) is 5.97. The summed E-state index contributed by atoms with van der Waals surface area (Å²) in [6.07, 6.45) is 1.15. The van der Waals surface area contributed by atoms with Crippen LogP contribution in [0.25, 0.3) is 10.9 Å². The molecule has 108 valence electrons. The van der Waals surface area contributed by atoms with Crippen molar-refractivity contribution in [1.82, 2.24) is 9.97 Å². The van der Waals surface area contributed by atoms with Crippen LogP contribution in [0.3, 0.4) is 0 Å². The first-order valence-electron chi connectivity index (χ1n) is 6.71. The van der Waals surface area contributed by atoms with Crippen LogP contribution in [0, 0.1) is 0 Å². The molecule has 0 aliphatic carbocycles. The van der Waals surface area contributed by atoms with Crippen LogP contribution in [-0.2, 0) is 0 Å². The van der Waals surface area contributed by atoms with Gasteiger partial charge in [-0.25, -0.2) is 9.97 Å². The van der Waals surface area contributed by atoms with Crippen molar-refractivity contribution in [3.8, 4) is 0 Å². The van der Waals surface area contributed by atoms with E-state index in [-0.39, 0.29) is 4.75 Å². The van der Waals surface area contributed by atoms with Crippen LogP contribution in [-0.4, -0.2) is 32.5 Å². The average Bonchev–Trinajstić information content (AvgIpc) is 2.33. The van der Waals surface area contributed by atoms with Crippen molar-refractivity contribution in [3.63, 3.8) is 0 Å². The molecule has 2 aromatic rings. The Kier molecular flexibility index (Phi) is 4.50. The van der Waals surface area contributed by atoms with Gasteiger partial charge in [0.25, 0.3) is 0 Å². The van der Waals surface area contributed by atoms with E-state index in [2.05, 4.69) is 48.2 Å². The molecule has 0 saturated carbocycles. The van der Waals surface area contributed by atoms with Gasteiger partial charge in [-0.2, -0.15) is 0 Å². The van der Waals surface area contributed by atoms with Crippen LogP contribution >= 0.6 is 11.8 Å². The molecule has 1 atom stereocenters. The number of aromatic nitrogens is 2. The Morgan fingerprint density at radius 3 is 2.70 bits per heavy atom. The normalized spacial score (nSPS) is 13.4. The summed E-state index contributed by atoms with van der Waals surface area (Å²) in [4.78, 5) is 9.77. The Labute approximate surface area is 124 Å². The fraction of sp³-hybridized carbons (Fsp3) is 0.467. The van der Waals surface area contributed by atoms with Gasteiger partial charge in [0.15, 0.2) is 0 Å². The number of nitrogens with zero attached hydrogens (tertiary/aromatic N) is 2. The number of nitrogens with one attached hydrogen (secondary N) is 1. The Morgan fingerprint density at radius 2 is 2.05 bits per heavy atom. The predicted octanol–water partition coefficient (Wildman–Crippen LogP) is 3.31. The zero-order valence-electron chi connectivity index (χ0n) is 12.3. The van der Waals surface area contributed by atoms with Gasteiger partial charge < -0.3 is 10.4 Å². The number of hydrogen-bond donors (Lipinski definition) is 2. The van der Waals surface area contributed by atoms with E-state index in [0.29, 0.717) is 6.54 Å². The molecule has 1 heterocycles. The summed E-state index contributed by atoms with van der Waals surface area (Å²) in [5.74, 6) is 0.767. The summed E-state index contributed by atoms with van der Waals surface area (Å²) in [6, 6.07) is 6.21. The highest BCUT2D eigenvalue weighted by Crippen LogP contribution is 2.33. The maximum atomic E-state index is 9.35. The first kappa shape index (κ1) is 15.1. The lowest BCUT2D eigenvalue weighted by Crippen LogP contribution is -2.16. The maximum absolute atomic E-state index is 9.35. The first-order chi connectivity index (χ1) is 9.35. The fourth-order valence-electron chi connectivity index (χ4n) is 1.84. The van der Waals surface area contributed by atoms with E-state index in [0.717, 1.165) is 16.7 Å². The van der Waals surface area contributed by atoms with Crippen molar-refractivity contribution in [2.75, 3.05) is 11.9 Å². The minimum Gasteiger partial charge on any atom is -0.392 e. The lowest BCUT2D eigenvalue weighted by molar-refractivity contribution is 0.208. The second-order valence-corrected chi connectivity index (χ2v) is 7.75. The molecule has 2 rings (SSSR count). The summed E-state index contributed by atoms with van der Waals surface area (Å²) in [7, 11) is 0. The third-order valence-electron chi connectivity index (χ3n) is 2.60. The largest absolute Gasteiger partial charge is 0.392 e. The SMILES string of the molecule is CC(O)CNc1ncnc2cc(SC(C)(C)C)ccc12. The van der Waals surface area contributed by atoms with Crippen LogP contribution in [0.2, 0.25) is 0 Å². The molecule has 20 heavy (non-hydrogen) atoms. The zero-order valence-corrected chi connectivity index (χ0v) is 13.2. The van der Waals surface area contributed by atoms with Crippen molar-refractivity contribution in [2.45, 2.75) is 43.4 Å². The van der Waals surface area contributed by atoms with Crippen molar-refractivity contribution >= 4 is 28.5 Å². The minimum atomic E-state index is -0.407. The lowest BCUT2D eigenvalue weighted by Gasteiger charge is -2.18. The summed E-state index contributed by atoms with van der Waals surface area (Å²) >= 11 is 1.82. The number of fused-ring (bicyclic) bond motifs is 1. The Morgan fingerprint density at radius 1 is 1.30 bits per heavy atom. The predicted molar refractivity (Wildman–Crippen MR) is 85.3 cm³/mol. The minimum absolute atomic E-state index is 0.175. The van der Waals surface area contributed by atoms with E-state index in [4.69, 9.17) is 0 Å². The Balaban J connectivity index is 2.30. The maximum Gasteiger partial charge on any atom is 0.137 e. The standard InChI is InChI=1S/C15H21N3OS/c1-10(19)8-16-14-12-6-5-11(20-15(2,3)4)7-13(12)17-9-18-14/h5-7,9-10,19H,8H2,1-4H3,(H,16,17,18). The molecule has 4 nitrogen and oxygen atoms in total. The Hall–Kier alpha value is -1.33. The highest BCUT2D eigenvalue weighted by Gasteiger charge is 2.13. The van der Waals surface area contributed by atoms with Gasteiger partial charge in [-0.1, -0.05) is 20.8 Å². The molecule has 1 aromatic heterocycles. The van der Waals surface area contributed by atoms with Crippen molar-refractivity contribution < 1.29 is 5.11 Å². The molecule has 0 spiro atoms. The van der Waals surface area contributed by atoms with E-state index in [1.165, 1.54) is 4.90 Å². The number of anilines is 1. The van der Waals surface area contributed by atoms with Crippen LogP contribution in [0.15, 0.2) is 29.4 Å². The number of hydrogen-bond acceptors (Lipinski definition) is 5. The molecule has 0 fully saturated rings. The quantitative estimate of drug-likeness (QED) is 0.846. The third-order valence-corrected chi connectivity index (χ3v) is 3.70. The lowest BCUT2D eigenvalue weighted by atomic mass is 10.2. The summed E-state index contributed by atoms with van der Waals surface area (Å²) in [5.41, 5.74) is 0.919. The van der Waals surface area contributed by atoms with Gasteiger partial charge in [-0.15, -0.1) is 11.8 Å². The molecule has 0 bridgehead atoms. The summed E-state index contributed by atoms with van der Waals surface area (Å²) < 4.78 is 0.175. The summed E-state index contributed by atoms with van der Waals surface area (Å²) in [6.45, 7) is 8.80. The van der Waals surface area contributed by atoms with E-state index < -0.39 is 6.10 Å². The third kappa shape index (κ3) is 4.08. The van der Waals surface area contributed by atoms with E-state index in [9.17, 15) is 5.11 Å². The van der Waals surface area contributed by atoms with Gasteiger partial charge in [-0.3, -0.25) is 0 Å². The molecule has 5 heteroatoms. The van der Waals surface area contributed by atoms with Gasteiger partial charge in [0.2, 0.25) is 0 Å². The van der Waals surface area contributed by atoms with E-state index in [1.807, 2.05) is 17.8 Å². The van der Waals surface area contributed by atoms with Crippen LogP contribution in [0.5, 0.6) is 0 Å². The fourth-order valence-corrected chi connectivity index (χ4v) is 2.85. The molecule has 0 saturated heterocycles. The highest BCUT2D eigenvalue weighted by atomic mass is 32.2. The van der Waals surface area contributed by atoms with E-state index >= 15 is 0 Å². The zero-order chi connectivity index (χ0) is 14.8. The van der Waals surface area contributed by atoms with Gasteiger partial charge in [0.05, 0.1) is 11.6 Å². The van der Waals surface area contributed by atoms with Crippen molar-refractivity contribution in [1.29, 1.82) is 0 Å². The van der Waals surface area contributed by atoms with Gasteiger partial charge >= 0.3 is 0 Å². The number of aliphatic hydroxyl groups is 1. The highest BCUT2D eigenvalue weighted by molar-refractivity contribution is 8.00. The topological polar surface area (TPSA) is 58.0 Å². The van der Waals surface area contributed by atoms with Crippen molar-refractivity contribution in [3.05, 3.63) is 24.5 Å². The molecule has 1 aromatic carbocycles. The van der Waals surface area contributed by atoms with Gasteiger partial charge in [-0.05, 0) is 25.1 Å². The van der Waals surface area contributed by atoms with E-state index in [1.54, 1.807) is 13.3 Å². The molecular weight excluding hydrogens is 270 g/mol. The molecule has 0 radical (unpaired) electrons. The monoisotopic (exact) mass is 291 g/mol. The smallest absolute Gasteiger partial charge is 0.137 e. The number of benzene rings is 1. The Bertz CT molecular complexity index is 593. The van der Waals surface area contributed by atoms with Crippen LogP contribution in [0.4, 0.5) is 5.82 Å². The second-order valence-electron chi connectivity index (χ2n) is 5.85. The summed E-state index contributed by atoms with van der Waals surface area (Å²) in [5, 5.41) is 13.5. The molecule has 1 unspecified atom stereocenters. The molecule has 2 N–H and O–H groups in total. The molecule has 0 aliphatic heterocycles. The number of aliphatic hydroxyl groups excluding tert-OH is 1. The first-order valence-corrected chi connectivity index (χ1v) is 7.52.